The van der Waals surface area contributed by atoms with Crippen molar-refractivity contribution in [3.05, 3.63) is 175 Å². The van der Waals surface area contributed by atoms with Crippen molar-refractivity contribution in [3.8, 4) is 56.0 Å². The number of anilines is 2. The Kier molecular flexibility index (Phi) is 8.99. The van der Waals surface area contributed by atoms with Crippen molar-refractivity contribution in [2.75, 3.05) is 5.32 Å². The van der Waals surface area contributed by atoms with Gasteiger partial charge in [-0.25, -0.2) is 4.98 Å². The minimum absolute atomic E-state index is 0.0182. The third-order valence-corrected chi connectivity index (χ3v) is 10.2. The molecule has 4 heteroatoms. The molecule has 54 heavy (non-hydrogen) atoms. The summed E-state index contributed by atoms with van der Waals surface area (Å²) in [5.74, 6) is 0. The van der Waals surface area contributed by atoms with Crippen molar-refractivity contribution in [3.63, 3.8) is 0 Å². The van der Waals surface area contributed by atoms with Crippen LogP contribution in [0, 0.1) is 0 Å². The highest BCUT2D eigenvalue weighted by atomic mass is 15.0. The molecule has 266 valence electrons. The molecule has 0 spiro atoms. The van der Waals surface area contributed by atoms with Crippen LogP contribution >= 0.6 is 0 Å². The van der Waals surface area contributed by atoms with Crippen molar-refractivity contribution in [1.82, 2.24) is 14.4 Å². The molecule has 0 saturated carbocycles. The smallest absolute Gasteiger partial charge is 0.145 e. The Bertz CT molecular complexity index is 2570. The highest BCUT2D eigenvalue weighted by Gasteiger charge is 2.26. The minimum Gasteiger partial charge on any atom is -0.354 e. The van der Waals surface area contributed by atoms with Gasteiger partial charge >= 0.3 is 0 Å². The quantitative estimate of drug-likeness (QED) is 0.180. The predicted molar refractivity (Wildman–Crippen MR) is 227 cm³/mol. The zero-order valence-electron chi connectivity index (χ0n) is 31.9. The van der Waals surface area contributed by atoms with Crippen LogP contribution in [0.4, 0.5) is 11.4 Å². The van der Waals surface area contributed by atoms with E-state index in [1.165, 1.54) is 11.1 Å². The SMILES string of the molecule is CC(C)(C)c1ccc(Nc2ccc(C(C)(C)C)cc2-c2nc3c(-c4ccccc4)cccn3c2-c2ccccc2-c2ccccc2)c(-c2ccccn2)c1. The van der Waals surface area contributed by atoms with Gasteiger partial charge in [0.15, 0.2) is 0 Å². The van der Waals surface area contributed by atoms with Crippen LogP contribution in [0.1, 0.15) is 52.7 Å². The zero-order chi connectivity index (χ0) is 37.5. The Morgan fingerprint density at radius 2 is 1.02 bits per heavy atom. The van der Waals surface area contributed by atoms with Crippen LogP contribution in [0.3, 0.4) is 0 Å². The van der Waals surface area contributed by atoms with Crippen LogP contribution in [-0.4, -0.2) is 14.4 Å². The highest BCUT2D eigenvalue weighted by Crippen LogP contribution is 2.45. The summed E-state index contributed by atoms with van der Waals surface area (Å²) in [7, 11) is 0. The lowest BCUT2D eigenvalue weighted by Crippen LogP contribution is -2.12. The number of nitrogens with one attached hydrogen (secondary N) is 1. The van der Waals surface area contributed by atoms with E-state index >= 15 is 0 Å². The summed E-state index contributed by atoms with van der Waals surface area (Å²) in [5, 5.41) is 3.92. The number of benzene rings is 5. The Balaban J connectivity index is 1.42. The minimum atomic E-state index is -0.0861. The first-order valence-electron chi connectivity index (χ1n) is 18.8. The third kappa shape index (κ3) is 6.72. The van der Waals surface area contributed by atoms with Crippen LogP contribution < -0.4 is 5.32 Å². The number of rotatable bonds is 7. The second-order valence-corrected chi connectivity index (χ2v) is 16.1. The fourth-order valence-corrected chi connectivity index (χ4v) is 7.23. The first-order chi connectivity index (χ1) is 26.1. The monoisotopic (exact) mass is 702 g/mol. The summed E-state index contributed by atoms with van der Waals surface area (Å²) in [6, 6.07) is 53.9. The number of hydrogen-bond acceptors (Lipinski definition) is 3. The van der Waals surface area contributed by atoms with E-state index in [1.807, 2.05) is 12.3 Å². The van der Waals surface area contributed by atoms with Gasteiger partial charge in [-0.3, -0.25) is 9.38 Å². The average Bonchev–Trinajstić information content (AvgIpc) is 3.58. The van der Waals surface area contributed by atoms with Crippen molar-refractivity contribution in [2.24, 2.45) is 0 Å². The van der Waals surface area contributed by atoms with E-state index in [2.05, 4.69) is 203 Å². The Labute approximate surface area is 319 Å². The van der Waals surface area contributed by atoms with E-state index < -0.39 is 0 Å². The van der Waals surface area contributed by atoms with Crippen LogP contribution in [0.5, 0.6) is 0 Å². The lowest BCUT2D eigenvalue weighted by Gasteiger charge is -2.24. The molecule has 0 atom stereocenters. The molecule has 0 radical (unpaired) electrons. The molecule has 8 rings (SSSR count). The first kappa shape index (κ1) is 34.8. The Morgan fingerprint density at radius 3 is 1.63 bits per heavy atom. The van der Waals surface area contributed by atoms with E-state index in [0.29, 0.717) is 0 Å². The largest absolute Gasteiger partial charge is 0.354 e. The molecule has 0 unspecified atom stereocenters. The van der Waals surface area contributed by atoms with Crippen LogP contribution in [0.25, 0.3) is 61.7 Å². The number of nitrogens with zero attached hydrogens (tertiary/aromatic N) is 3. The normalized spacial score (nSPS) is 11.9. The molecule has 0 amide bonds. The predicted octanol–water partition coefficient (Wildman–Crippen LogP) is 13.4. The molecule has 1 N–H and O–H groups in total. The molecule has 3 heterocycles. The van der Waals surface area contributed by atoms with E-state index in [0.717, 1.165) is 73.0 Å². The molecule has 5 aromatic carbocycles. The summed E-state index contributed by atoms with van der Waals surface area (Å²) in [5.41, 5.74) is 15.9. The van der Waals surface area contributed by atoms with E-state index in [9.17, 15) is 0 Å². The summed E-state index contributed by atoms with van der Waals surface area (Å²) < 4.78 is 2.28. The summed E-state index contributed by atoms with van der Waals surface area (Å²) in [6.45, 7) is 13.6. The van der Waals surface area contributed by atoms with Crippen molar-refractivity contribution >= 4 is 17.0 Å². The molecule has 8 aromatic rings. The number of fused-ring (bicyclic) bond motifs is 1. The topological polar surface area (TPSA) is 42.2 Å². The fourth-order valence-electron chi connectivity index (χ4n) is 7.23. The van der Waals surface area contributed by atoms with Gasteiger partial charge < -0.3 is 5.32 Å². The van der Waals surface area contributed by atoms with Crippen molar-refractivity contribution in [1.29, 1.82) is 0 Å². The maximum absolute atomic E-state index is 5.63. The van der Waals surface area contributed by atoms with Gasteiger partial charge in [0.2, 0.25) is 0 Å². The Morgan fingerprint density at radius 1 is 0.481 bits per heavy atom. The van der Waals surface area contributed by atoms with Gasteiger partial charge in [-0.15, -0.1) is 0 Å². The molecule has 4 nitrogen and oxygen atoms in total. The van der Waals surface area contributed by atoms with Gasteiger partial charge in [0.25, 0.3) is 0 Å². The summed E-state index contributed by atoms with van der Waals surface area (Å²) in [4.78, 5) is 10.4. The Hall–Kier alpha value is -6.26. The number of aromatic nitrogens is 3. The number of pyridine rings is 2. The van der Waals surface area contributed by atoms with Gasteiger partial charge in [0, 0.05) is 46.0 Å². The second kappa shape index (κ2) is 13.9. The third-order valence-electron chi connectivity index (χ3n) is 10.2. The fraction of sp³-hybridized carbons (Fsp3) is 0.160. The van der Waals surface area contributed by atoms with Crippen LogP contribution in [0.2, 0.25) is 0 Å². The molecule has 0 aliphatic rings. The van der Waals surface area contributed by atoms with Gasteiger partial charge in [-0.1, -0.05) is 145 Å². The maximum Gasteiger partial charge on any atom is 0.145 e. The van der Waals surface area contributed by atoms with Gasteiger partial charge in [0.05, 0.1) is 17.1 Å². The number of imidazole rings is 1. The first-order valence-corrected chi connectivity index (χ1v) is 18.8. The second-order valence-electron chi connectivity index (χ2n) is 16.1. The summed E-state index contributed by atoms with van der Waals surface area (Å²) >= 11 is 0. The van der Waals surface area contributed by atoms with Gasteiger partial charge in [-0.2, -0.15) is 0 Å². The maximum atomic E-state index is 5.63. The van der Waals surface area contributed by atoms with Crippen LogP contribution in [0.15, 0.2) is 164 Å². The van der Waals surface area contributed by atoms with Crippen LogP contribution in [-0.2, 0) is 10.8 Å². The molecular weight excluding hydrogens is 657 g/mol. The van der Waals surface area contributed by atoms with Gasteiger partial charge in [0.1, 0.15) is 5.65 Å². The molecule has 0 bridgehead atoms. The molecular formula is C50H46N4. The van der Waals surface area contributed by atoms with E-state index in [-0.39, 0.29) is 10.8 Å². The molecule has 0 fully saturated rings. The van der Waals surface area contributed by atoms with Gasteiger partial charge in [-0.05, 0) is 87.2 Å². The standard InChI is InChI=1S/C50H46N4/c1-49(2,3)36-26-28-44(41(32-36)43-25-15-16-30-51-43)52-45-29-27-37(50(4,5)6)33-42(45)46-47(40-23-14-13-22-38(40)34-18-9-7-10-19-34)54-31-17-24-39(48(54)53-46)35-20-11-8-12-21-35/h7-33,52H,1-6H3. The molecule has 0 saturated heterocycles. The molecule has 0 aliphatic heterocycles. The molecule has 3 aromatic heterocycles. The van der Waals surface area contributed by atoms with E-state index in [4.69, 9.17) is 9.97 Å². The lowest BCUT2D eigenvalue weighted by atomic mass is 9.84. The molecule has 0 aliphatic carbocycles. The van der Waals surface area contributed by atoms with Crippen molar-refractivity contribution < 1.29 is 0 Å². The summed E-state index contributed by atoms with van der Waals surface area (Å²) in [6.07, 6.45) is 4.02. The van der Waals surface area contributed by atoms with E-state index in [1.54, 1.807) is 0 Å². The zero-order valence-corrected chi connectivity index (χ0v) is 31.9. The van der Waals surface area contributed by atoms with Crippen molar-refractivity contribution in [2.45, 2.75) is 52.4 Å². The number of hydrogen-bond donors (Lipinski definition) is 1. The lowest BCUT2D eigenvalue weighted by molar-refractivity contribution is 0.590. The average molecular weight is 703 g/mol. The highest BCUT2D eigenvalue weighted by molar-refractivity contribution is 5.97.